The van der Waals surface area contributed by atoms with E-state index in [-0.39, 0.29) is 5.97 Å². The number of hydrogen-bond donors (Lipinski definition) is 1. The van der Waals surface area contributed by atoms with Gasteiger partial charge in [-0.3, -0.25) is 10.3 Å². The second-order valence-electron chi connectivity index (χ2n) is 5.23. The molecule has 0 amide bonds. The number of rotatable bonds is 5. The predicted molar refractivity (Wildman–Crippen MR) is 88.3 cm³/mol. The lowest BCUT2D eigenvalue weighted by Crippen LogP contribution is -2.29. The van der Waals surface area contributed by atoms with Crippen LogP contribution < -0.4 is 14.8 Å². The Kier molecular flexibility index (Phi) is 5.17. The molecule has 1 unspecified atom stereocenters. The highest BCUT2D eigenvalue weighted by molar-refractivity contribution is 6.32. The fraction of sp³-hybridized carbons (Fsp3) is 0.294. The summed E-state index contributed by atoms with van der Waals surface area (Å²) in [6.07, 6.45) is 3.28. The van der Waals surface area contributed by atoms with E-state index in [1.807, 2.05) is 12.1 Å². The van der Waals surface area contributed by atoms with Gasteiger partial charge in [0.2, 0.25) is 0 Å². The maximum absolute atomic E-state index is 12.1. The summed E-state index contributed by atoms with van der Waals surface area (Å²) in [6, 6.07) is 6.62. The van der Waals surface area contributed by atoms with Crippen LogP contribution in [0.2, 0.25) is 5.02 Å². The van der Waals surface area contributed by atoms with Crippen molar-refractivity contribution in [3.63, 3.8) is 0 Å². The SMILES string of the molecule is COC(=O)C(NCc1cc(Cl)c2c(c1)OCCO2)c1cccnc1. The Hall–Kier alpha value is -2.31. The summed E-state index contributed by atoms with van der Waals surface area (Å²) in [6.45, 7) is 1.38. The smallest absolute Gasteiger partial charge is 0.327 e. The van der Waals surface area contributed by atoms with Crippen LogP contribution in [0.15, 0.2) is 36.7 Å². The van der Waals surface area contributed by atoms with Crippen LogP contribution in [-0.4, -0.2) is 31.3 Å². The molecule has 1 N–H and O–H groups in total. The molecule has 0 spiro atoms. The third-order valence-electron chi connectivity index (χ3n) is 3.62. The number of ether oxygens (including phenoxy) is 3. The number of nitrogens with zero attached hydrogens (tertiary/aromatic N) is 1. The van der Waals surface area contributed by atoms with Crippen molar-refractivity contribution in [2.24, 2.45) is 0 Å². The summed E-state index contributed by atoms with van der Waals surface area (Å²) in [5, 5.41) is 3.65. The van der Waals surface area contributed by atoms with Gasteiger partial charge in [-0.15, -0.1) is 0 Å². The van der Waals surface area contributed by atoms with E-state index in [1.165, 1.54) is 7.11 Å². The van der Waals surface area contributed by atoms with Crippen LogP contribution in [0.4, 0.5) is 0 Å². The Morgan fingerprint density at radius 1 is 1.42 bits per heavy atom. The zero-order chi connectivity index (χ0) is 16.9. The molecule has 1 aromatic carbocycles. The van der Waals surface area contributed by atoms with Crippen LogP contribution in [0.3, 0.4) is 0 Å². The van der Waals surface area contributed by atoms with Gasteiger partial charge in [0.05, 0.1) is 12.1 Å². The molecule has 1 aliphatic heterocycles. The first kappa shape index (κ1) is 16.5. The average molecular weight is 349 g/mol. The Bertz CT molecular complexity index is 724. The van der Waals surface area contributed by atoms with Crippen molar-refractivity contribution in [3.05, 3.63) is 52.8 Å². The highest BCUT2D eigenvalue weighted by Crippen LogP contribution is 2.38. The van der Waals surface area contributed by atoms with E-state index in [0.717, 1.165) is 11.1 Å². The van der Waals surface area contributed by atoms with Gasteiger partial charge in [-0.1, -0.05) is 17.7 Å². The Morgan fingerprint density at radius 2 is 2.25 bits per heavy atom. The number of carbonyl (C=O) groups is 1. The van der Waals surface area contributed by atoms with Gasteiger partial charge in [-0.05, 0) is 29.3 Å². The van der Waals surface area contributed by atoms with E-state index in [4.69, 9.17) is 25.8 Å². The van der Waals surface area contributed by atoms with Crippen molar-refractivity contribution in [3.8, 4) is 11.5 Å². The minimum absolute atomic E-state index is 0.383. The molecule has 0 fully saturated rings. The summed E-state index contributed by atoms with van der Waals surface area (Å²) in [4.78, 5) is 16.1. The fourth-order valence-corrected chi connectivity index (χ4v) is 2.78. The molecule has 126 valence electrons. The minimum atomic E-state index is -0.615. The van der Waals surface area contributed by atoms with Gasteiger partial charge in [0.15, 0.2) is 11.5 Å². The van der Waals surface area contributed by atoms with Crippen molar-refractivity contribution in [1.29, 1.82) is 0 Å². The molecule has 0 radical (unpaired) electrons. The van der Waals surface area contributed by atoms with Crippen molar-refractivity contribution in [2.75, 3.05) is 20.3 Å². The van der Waals surface area contributed by atoms with Crippen LogP contribution in [-0.2, 0) is 16.1 Å². The average Bonchev–Trinajstić information content (AvgIpc) is 2.62. The van der Waals surface area contributed by atoms with Gasteiger partial charge in [-0.2, -0.15) is 0 Å². The molecule has 0 saturated heterocycles. The van der Waals surface area contributed by atoms with Crippen molar-refractivity contribution < 1.29 is 19.0 Å². The molecule has 1 aromatic heterocycles. The third kappa shape index (κ3) is 3.60. The highest BCUT2D eigenvalue weighted by Gasteiger charge is 2.22. The molecular weight excluding hydrogens is 332 g/mol. The summed E-state index contributed by atoms with van der Waals surface area (Å²) < 4.78 is 15.9. The molecule has 0 aliphatic carbocycles. The second kappa shape index (κ2) is 7.51. The molecule has 2 aromatic rings. The standard InChI is InChI=1S/C17H17ClN2O4/c1-22-17(21)15(12-3-2-4-19-10-12)20-9-11-7-13(18)16-14(8-11)23-5-6-24-16/h2-4,7-8,10,15,20H,5-6,9H2,1H3. The zero-order valence-corrected chi connectivity index (χ0v) is 13.9. The van der Waals surface area contributed by atoms with Gasteiger partial charge in [0.25, 0.3) is 0 Å². The minimum Gasteiger partial charge on any atom is -0.486 e. The quantitative estimate of drug-likeness (QED) is 0.837. The topological polar surface area (TPSA) is 69.7 Å². The van der Waals surface area contributed by atoms with E-state index in [2.05, 4.69) is 10.3 Å². The van der Waals surface area contributed by atoms with Crippen LogP contribution in [0.25, 0.3) is 0 Å². The fourth-order valence-electron chi connectivity index (χ4n) is 2.49. The number of benzene rings is 1. The summed E-state index contributed by atoms with van der Waals surface area (Å²) in [7, 11) is 1.36. The molecule has 3 rings (SSSR count). The number of carbonyl (C=O) groups excluding carboxylic acids is 1. The maximum Gasteiger partial charge on any atom is 0.327 e. The normalized spacial score (nSPS) is 14.1. The summed E-state index contributed by atoms with van der Waals surface area (Å²) in [5.41, 5.74) is 1.61. The van der Waals surface area contributed by atoms with Crippen LogP contribution in [0.5, 0.6) is 11.5 Å². The Morgan fingerprint density at radius 3 is 3.00 bits per heavy atom. The molecule has 6 nitrogen and oxygen atoms in total. The molecule has 7 heteroatoms. The van der Waals surface area contributed by atoms with Crippen LogP contribution in [0, 0.1) is 0 Å². The first-order valence-electron chi connectivity index (χ1n) is 7.48. The zero-order valence-electron chi connectivity index (χ0n) is 13.1. The Labute approximate surface area is 144 Å². The lowest BCUT2D eigenvalue weighted by Gasteiger charge is -2.21. The lowest BCUT2D eigenvalue weighted by atomic mass is 10.1. The first-order valence-corrected chi connectivity index (χ1v) is 7.86. The van der Waals surface area contributed by atoms with E-state index < -0.39 is 6.04 Å². The van der Waals surface area contributed by atoms with Gasteiger partial charge in [0.1, 0.15) is 19.3 Å². The predicted octanol–water partition coefficient (Wildman–Crippen LogP) is 2.51. The number of hydrogen-bond acceptors (Lipinski definition) is 6. The molecule has 1 atom stereocenters. The van der Waals surface area contributed by atoms with Crippen LogP contribution in [0.1, 0.15) is 17.2 Å². The van der Waals surface area contributed by atoms with E-state index in [9.17, 15) is 4.79 Å². The van der Waals surface area contributed by atoms with Gasteiger partial charge in [-0.25, -0.2) is 4.79 Å². The number of aromatic nitrogens is 1. The van der Waals surface area contributed by atoms with Crippen LogP contribution >= 0.6 is 11.6 Å². The number of nitrogens with one attached hydrogen (secondary N) is 1. The molecule has 0 saturated carbocycles. The van der Waals surface area contributed by atoms with E-state index in [1.54, 1.807) is 24.5 Å². The molecular formula is C17H17ClN2O4. The lowest BCUT2D eigenvalue weighted by molar-refractivity contribution is -0.143. The maximum atomic E-state index is 12.1. The molecule has 0 bridgehead atoms. The largest absolute Gasteiger partial charge is 0.486 e. The number of pyridine rings is 1. The number of esters is 1. The van der Waals surface area contributed by atoms with Crippen molar-refractivity contribution in [2.45, 2.75) is 12.6 Å². The molecule has 2 heterocycles. The number of methoxy groups -OCH3 is 1. The number of fused-ring (bicyclic) bond motifs is 1. The van der Waals surface area contributed by atoms with Crippen molar-refractivity contribution >= 4 is 17.6 Å². The van der Waals surface area contributed by atoms with Crippen molar-refractivity contribution in [1.82, 2.24) is 10.3 Å². The third-order valence-corrected chi connectivity index (χ3v) is 3.90. The number of halogens is 1. The second-order valence-corrected chi connectivity index (χ2v) is 5.63. The van der Waals surface area contributed by atoms with E-state index in [0.29, 0.717) is 36.3 Å². The van der Waals surface area contributed by atoms with Gasteiger partial charge >= 0.3 is 5.97 Å². The molecule has 1 aliphatic rings. The van der Waals surface area contributed by atoms with E-state index >= 15 is 0 Å². The van der Waals surface area contributed by atoms with Gasteiger partial charge < -0.3 is 14.2 Å². The monoisotopic (exact) mass is 348 g/mol. The summed E-state index contributed by atoms with van der Waals surface area (Å²) >= 11 is 6.24. The Balaban J connectivity index is 1.77. The van der Waals surface area contributed by atoms with Gasteiger partial charge in [0, 0.05) is 18.9 Å². The summed E-state index contributed by atoms with van der Waals surface area (Å²) in [5.74, 6) is 0.789. The molecule has 24 heavy (non-hydrogen) atoms. The highest BCUT2D eigenvalue weighted by atomic mass is 35.5. The first-order chi connectivity index (χ1) is 11.7.